The van der Waals surface area contributed by atoms with Gasteiger partial charge >= 0.3 is 0 Å². The molecule has 0 radical (unpaired) electrons. The number of ether oxygens (including phenoxy) is 2. The molecule has 0 amide bonds. The van der Waals surface area contributed by atoms with Crippen molar-refractivity contribution in [3.8, 4) is 5.75 Å². The molecule has 0 aromatic heterocycles. The normalized spacial score (nSPS) is 21.2. The van der Waals surface area contributed by atoms with E-state index in [4.69, 9.17) is 9.47 Å². The Labute approximate surface area is 163 Å². The monoisotopic (exact) mass is 374 g/mol. The minimum atomic E-state index is 0.389. The van der Waals surface area contributed by atoms with Gasteiger partial charge in [0.15, 0.2) is 5.96 Å². The lowest BCUT2D eigenvalue weighted by molar-refractivity contribution is 0.128. The van der Waals surface area contributed by atoms with Crippen LogP contribution in [0, 0.1) is 5.41 Å². The molecule has 1 atom stereocenters. The van der Waals surface area contributed by atoms with Crippen LogP contribution >= 0.6 is 0 Å². The Balaban J connectivity index is 1.47. The van der Waals surface area contributed by atoms with Gasteiger partial charge in [-0.25, -0.2) is 0 Å². The fourth-order valence-electron chi connectivity index (χ4n) is 3.77. The topological polar surface area (TPSA) is 58.1 Å². The van der Waals surface area contributed by atoms with E-state index in [0.29, 0.717) is 11.5 Å². The summed E-state index contributed by atoms with van der Waals surface area (Å²) in [5.74, 6) is 1.84. The maximum atomic E-state index is 5.53. The molecular weight excluding hydrogens is 340 g/mol. The van der Waals surface area contributed by atoms with Crippen LogP contribution in [0.4, 0.5) is 5.69 Å². The lowest BCUT2D eigenvalue weighted by Gasteiger charge is -2.23. The minimum Gasteiger partial charge on any atom is -0.495 e. The van der Waals surface area contributed by atoms with Gasteiger partial charge in [-0.15, -0.1) is 0 Å². The van der Waals surface area contributed by atoms with Gasteiger partial charge in [-0.05, 0) is 50.2 Å². The average molecular weight is 375 g/mol. The molecule has 27 heavy (non-hydrogen) atoms. The molecule has 1 heterocycles. The van der Waals surface area contributed by atoms with Crippen molar-refractivity contribution in [3.63, 3.8) is 0 Å². The Morgan fingerprint density at radius 1 is 1.33 bits per heavy atom. The molecule has 1 aromatic rings. The highest BCUT2D eigenvalue weighted by molar-refractivity contribution is 5.80. The van der Waals surface area contributed by atoms with E-state index >= 15 is 0 Å². The van der Waals surface area contributed by atoms with Crippen LogP contribution < -0.4 is 20.3 Å². The molecule has 2 fully saturated rings. The first-order valence-electron chi connectivity index (χ1n) is 10.1. The summed E-state index contributed by atoms with van der Waals surface area (Å²) in [5, 5.41) is 7.14. The highest BCUT2D eigenvalue weighted by atomic mass is 16.5. The molecule has 3 rings (SSSR count). The highest BCUT2D eigenvalue weighted by Gasteiger charge is 2.42. The molecule has 1 aliphatic heterocycles. The number of anilines is 1. The van der Waals surface area contributed by atoms with Crippen molar-refractivity contribution >= 4 is 11.6 Å². The zero-order valence-corrected chi connectivity index (χ0v) is 17.0. The summed E-state index contributed by atoms with van der Waals surface area (Å²) >= 11 is 0. The molecule has 1 unspecified atom stereocenters. The third-order valence-electron chi connectivity index (χ3n) is 5.75. The first kappa shape index (κ1) is 19.8. The number of nitrogens with zero attached hydrogens (tertiary/aromatic N) is 2. The van der Waals surface area contributed by atoms with Crippen molar-refractivity contribution in [2.75, 3.05) is 51.9 Å². The third kappa shape index (κ3) is 5.28. The molecule has 0 bridgehead atoms. The fourth-order valence-corrected chi connectivity index (χ4v) is 3.77. The Hall–Kier alpha value is -1.95. The predicted octanol–water partition coefficient (Wildman–Crippen LogP) is 2.65. The second-order valence-corrected chi connectivity index (χ2v) is 7.62. The van der Waals surface area contributed by atoms with Gasteiger partial charge in [0, 0.05) is 45.9 Å². The molecule has 1 aliphatic carbocycles. The molecule has 1 saturated heterocycles. The molecule has 1 saturated carbocycles. The van der Waals surface area contributed by atoms with E-state index in [2.05, 4.69) is 39.6 Å². The summed E-state index contributed by atoms with van der Waals surface area (Å²) in [6.07, 6.45) is 4.80. The van der Waals surface area contributed by atoms with Crippen LogP contribution in [0.5, 0.6) is 5.75 Å². The van der Waals surface area contributed by atoms with Crippen molar-refractivity contribution in [1.82, 2.24) is 10.6 Å². The SMILES string of the molecule is CCOCCC1(CNC(=NC)NC2CCN(c3ccccc3OC)C2)CC1. The number of methoxy groups -OCH3 is 1. The Morgan fingerprint density at radius 3 is 2.85 bits per heavy atom. The van der Waals surface area contributed by atoms with E-state index in [1.54, 1.807) is 7.11 Å². The van der Waals surface area contributed by atoms with Gasteiger partial charge in [-0.1, -0.05) is 12.1 Å². The van der Waals surface area contributed by atoms with Gasteiger partial charge in [-0.3, -0.25) is 4.99 Å². The molecule has 6 heteroatoms. The molecule has 6 nitrogen and oxygen atoms in total. The quantitative estimate of drug-likeness (QED) is 0.395. The smallest absolute Gasteiger partial charge is 0.191 e. The molecule has 2 aliphatic rings. The maximum Gasteiger partial charge on any atom is 0.191 e. The number of aliphatic imine (C=N–C) groups is 1. The number of rotatable bonds is 9. The average Bonchev–Trinajstić information content (AvgIpc) is 3.32. The van der Waals surface area contributed by atoms with Crippen LogP contribution in [0.2, 0.25) is 0 Å². The van der Waals surface area contributed by atoms with Crippen LogP contribution in [-0.4, -0.2) is 59.0 Å². The van der Waals surface area contributed by atoms with Crippen molar-refractivity contribution in [1.29, 1.82) is 0 Å². The first-order chi connectivity index (χ1) is 13.2. The first-order valence-corrected chi connectivity index (χ1v) is 10.1. The van der Waals surface area contributed by atoms with Gasteiger partial charge in [-0.2, -0.15) is 0 Å². The van der Waals surface area contributed by atoms with E-state index in [0.717, 1.165) is 57.4 Å². The van der Waals surface area contributed by atoms with Crippen molar-refractivity contribution in [2.24, 2.45) is 10.4 Å². The number of hydrogen-bond donors (Lipinski definition) is 2. The predicted molar refractivity (Wildman–Crippen MR) is 111 cm³/mol. The van der Waals surface area contributed by atoms with Gasteiger partial charge < -0.3 is 25.0 Å². The summed E-state index contributed by atoms with van der Waals surface area (Å²) in [5.41, 5.74) is 1.58. The van der Waals surface area contributed by atoms with Crippen molar-refractivity contribution in [2.45, 2.75) is 38.6 Å². The standard InChI is InChI=1S/C21H34N4O2/c1-4-27-14-12-21(10-11-21)16-23-20(22-2)24-17-9-13-25(15-17)18-7-5-6-8-19(18)26-3/h5-8,17H,4,9-16H2,1-3H3,(H2,22,23,24). The highest BCUT2D eigenvalue weighted by Crippen LogP contribution is 2.48. The Bertz CT molecular complexity index is 630. The van der Waals surface area contributed by atoms with Crippen LogP contribution in [0.25, 0.3) is 0 Å². The van der Waals surface area contributed by atoms with Crippen molar-refractivity contribution < 1.29 is 9.47 Å². The summed E-state index contributed by atoms with van der Waals surface area (Å²) in [6.45, 7) is 6.67. The number of nitrogens with one attached hydrogen (secondary N) is 2. The lowest BCUT2D eigenvalue weighted by atomic mass is 10.0. The summed E-state index contributed by atoms with van der Waals surface area (Å²) < 4.78 is 11.0. The van der Waals surface area contributed by atoms with Gasteiger partial charge in [0.25, 0.3) is 0 Å². The van der Waals surface area contributed by atoms with E-state index in [1.807, 2.05) is 19.2 Å². The van der Waals surface area contributed by atoms with E-state index in [-0.39, 0.29) is 0 Å². The fraction of sp³-hybridized carbons (Fsp3) is 0.667. The number of hydrogen-bond acceptors (Lipinski definition) is 4. The number of guanidine groups is 1. The molecule has 1 aromatic carbocycles. The Morgan fingerprint density at radius 2 is 2.15 bits per heavy atom. The van der Waals surface area contributed by atoms with Crippen LogP contribution in [0.3, 0.4) is 0 Å². The van der Waals surface area contributed by atoms with E-state index in [9.17, 15) is 0 Å². The second-order valence-electron chi connectivity index (χ2n) is 7.62. The zero-order valence-electron chi connectivity index (χ0n) is 17.0. The number of para-hydroxylation sites is 2. The molecule has 0 spiro atoms. The summed E-state index contributed by atoms with van der Waals surface area (Å²) in [6, 6.07) is 8.62. The summed E-state index contributed by atoms with van der Waals surface area (Å²) in [7, 11) is 3.58. The molecule has 150 valence electrons. The molecular formula is C21H34N4O2. The number of benzene rings is 1. The van der Waals surface area contributed by atoms with Crippen LogP contribution in [0.15, 0.2) is 29.3 Å². The largest absolute Gasteiger partial charge is 0.495 e. The summed E-state index contributed by atoms with van der Waals surface area (Å²) in [4.78, 5) is 6.81. The molecule has 2 N–H and O–H groups in total. The second kappa shape index (κ2) is 9.31. The lowest BCUT2D eigenvalue weighted by Crippen LogP contribution is -2.46. The third-order valence-corrected chi connectivity index (χ3v) is 5.75. The minimum absolute atomic E-state index is 0.389. The van der Waals surface area contributed by atoms with Gasteiger partial charge in [0.05, 0.1) is 12.8 Å². The zero-order chi connectivity index (χ0) is 19.1. The van der Waals surface area contributed by atoms with Crippen LogP contribution in [0.1, 0.15) is 32.6 Å². The van der Waals surface area contributed by atoms with Crippen LogP contribution in [-0.2, 0) is 4.74 Å². The Kier molecular flexibility index (Phi) is 6.83. The maximum absolute atomic E-state index is 5.53. The van der Waals surface area contributed by atoms with Crippen molar-refractivity contribution in [3.05, 3.63) is 24.3 Å². The van der Waals surface area contributed by atoms with Gasteiger partial charge in [0.1, 0.15) is 5.75 Å². The van der Waals surface area contributed by atoms with Gasteiger partial charge in [0.2, 0.25) is 0 Å². The van der Waals surface area contributed by atoms with E-state index < -0.39 is 0 Å². The van der Waals surface area contributed by atoms with E-state index in [1.165, 1.54) is 18.5 Å².